The number of benzene rings is 1. The quantitative estimate of drug-likeness (QED) is 0.870. The van der Waals surface area contributed by atoms with Gasteiger partial charge in [0.25, 0.3) is 0 Å². The lowest BCUT2D eigenvalue weighted by Gasteiger charge is -2.24. The minimum absolute atomic E-state index is 0.197. The van der Waals surface area contributed by atoms with Crippen molar-refractivity contribution in [3.05, 3.63) is 28.8 Å². The summed E-state index contributed by atoms with van der Waals surface area (Å²) in [6, 6.07) is 5.78. The first-order valence-corrected chi connectivity index (χ1v) is 7.27. The number of carbonyl (C=O) groups excluding carboxylic acids is 1. The van der Waals surface area contributed by atoms with Crippen LogP contribution in [0.2, 0.25) is 5.02 Å². The third-order valence-corrected chi connectivity index (χ3v) is 3.78. The van der Waals surface area contributed by atoms with Crippen LogP contribution in [0.15, 0.2) is 18.2 Å². The van der Waals surface area contributed by atoms with E-state index in [1.807, 2.05) is 25.1 Å². The van der Waals surface area contributed by atoms with Gasteiger partial charge in [-0.2, -0.15) is 0 Å². The fourth-order valence-electron chi connectivity index (χ4n) is 2.12. The van der Waals surface area contributed by atoms with Gasteiger partial charge in [0, 0.05) is 12.5 Å². The standard InChI is InChI=1S/C15H20ClNO2/c1-2-19-14-7-6-11(10-13(14)16)8-9-17-15(18)12-4-3-5-12/h6-7,10,12H,2-5,8-9H2,1H3,(H,17,18). The van der Waals surface area contributed by atoms with Gasteiger partial charge in [-0.15, -0.1) is 0 Å². The molecule has 2 rings (SSSR count). The van der Waals surface area contributed by atoms with E-state index in [4.69, 9.17) is 16.3 Å². The minimum Gasteiger partial charge on any atom is -0.492 e. The zero-order valence-electron chi connectivity index (χ0n) is 11.2. The van der Waals surface area contributed by atoms with Gasteiger partial charge in [-0.1, -0.05) is 24.1 Å². The number of ether oxygens (including phenoxy) is 1. The van der Waals surface area contributed by atoms with Crippen LogP contribution < -0.4 is 10.1 Å². The molecule has 0 atom stereocenters. The van der Waals surface area contributed by atoms with Crippen molar-refractivity contribution >= 4 is 17.5 Å². The maximum absolute atomic E-state index is 11.7. The Morgan fingerprint density at radius 2 is 2.26 bits per heavy atom. The summed E-state index contributed by atoms with van der Waals surface area (Å²) in [6.45, 7) is 3.20. The summed E-state index contributed by atoms with van der Waals surface area (Å²) in [4.78, 5) is 11.7. The molecule has 1 saturated carbocycles. The molecular weight excluding hydrogens is 262 g/mol. The molecule has 0 unspecified atom stereocenters. The van der Waals surface area contributed by atoms with Gasteiger partial charge in [0.05, 0.1) is 11.6 Å². The summed E-state index contributed by atoms with van der Waals surface area (Å²) in [5.41, 5.74) is 1.11. The van der Waals surface area contributed by atoms with E-state index in [2.05, 4.69) is 5.32 Å². The topological polar surface area (TPSA) is 38.3 Å². The summed E-state index contributed by atoms with van der Waals surface area (Å²) in [6.07, 6.45) is 4.07. The number of halogens is 1. The third kappa shape index (κ3) is 3.87. The Bertz CT molecular complexity index is 444. The lowest BCUT2D eigenvalue weighted by atomic mass is 9.85. The average molecular weight is 282 g/mol. The van der Waals surface area contributed by atoms with Crippen LogP contribution in [0.1, 0.15) is 31.7 Å². The van der Waals surface area contributed by atoms with Crippen molar-refractivity contribution in [2.24, 2.45) is 5.92 Å². The molecule has 4 heteroatoms. The molecule has 1 amide bonds. The van der Waals surface area contributed by atoms with Crippen LogP contribution in [0.4, 0.5) is 0 Å². The lowest BCUT2D eigenvalue weighted by Crippen LogP contribution is -2.35. The van der Waals surface area contributed by atoms with E-state index in [1.54, 1.807) is 0 Å². The summed E-state index contributed by atoms with van der Waals surface area (Å²) in [7, 11) is 0. The van der Waals surface area contributed by atoms with E-state index >= 15 is 0 Å². The van der Waals surface area contributed by atoms with Gasteiger partial charge >= 0.3 is 0 Å². The van der Waals surface area contributed by atoms with Crippen molar-refractivity contribution in [3.63, 3.8) is 0 Å². The largest absolute Gasteiger partial charge is 0.492 e. The molecule has 3 nitrogen and oxygen atoms in total. The van der Waals surface area contributed by atoms with Crippen molar-refractivity contribution in [1.29, 1.82) is 0 Å². The van der Waals surface area contributed by atoms with E-state index in [1.165, 1.54) is 6.42 Å². The zero-order chi connectivity index (χ0) is 13.7. The molecular formula is C15H20ClNO2. The van der Waals surface area contributed by atoms with Crippen molar-refractivity contribution in [3.8, 4) is 5.75 Å². The predicted octanol–water partition coefficient (Wildman–Crippen LogP) is 3.20. The Labute approximate surface area is 119 Å². The van der Waals surface area contributed by atoms with Gasteiger partial charge < -0.3 is 10.1 Å². The van der Waals surface area contributed by atoms with Gasteiger partial charge in [0.15, 0.2) is 0 Å². The number of hydrogen-bond acceptors (Lipinski definition) is 2. The summed E-state index contributed by atoms with van der Waals surface area (Å²) >= 11 is 6.12. The molecule has 0 bridgehead atoms. The molecule has 1 aromatic carbocycles. The number of rotatable bonds is 6. The summed E-state index contributed by atoms with van der Waals surface area (Å²) in [5, 5.41) is 3.61. The normalized spacial score (nSPS) is 14.8. The van der Waals surface area contributed by atoms with Gasteiger partial charge in [0.1, 0.15) is 5.75 Å². The van der Waals surface area contributed by atoms with E-state index in [9.17, 15) is 4.79 Å². The molecule has 0 heterocycles. The highest BCUT2D eigenvalue weighted by Gasteiger charge is 2.24. The first-order chi connectivity index (χ1) is 9.20. The predicted molar refractivity (Wildman–Crippen MR) is 76.7 cm³/mol. The van der Waals surface area contributed by atoms with Crippen LogP contribution in [0.25, 0.3) is 0 Å². The molecule has 0 saturated heterocycles. The maximum Gasteiger partial charge on any atom is 0.223 e. The molecule has 1 aromatic rings. The van der Waals surface area contributed by atoms with Crippen molar-refractivity contribution < 1.29 is 9.53 Å². The van der Waals surface area contributed by atoms with Crippen molar-refractivity contribution in [2.75, 3.05) is 13.2 Å². The molecule has 1 fully saturated rings. The lowest BCUT2D eigenvalue weighted by molar-refractivity contribution is -0.127. The Morgan fingerprint density at radius 1 is 1.47 bits per heavy atom. The number of nitrogens with one attached hydrogen (secondary N) is 1. The van der Waals surface area contributed by atoms with Gasteiger partial charge in [-0.3, -0.25) is 4.79 Å². The molecule has 1 aliphatic rings. The summed E-state index contributed by atoms with van der Waals surface area (Å²) in [5.74, 6) is 1.17. The Balaban J connectivity index is 1.79. The molecule has 0 aliphatic heterocycles. The molecule has 0 aromatic heterocycles. The molecule has 1 aliphatic carbocycles. The molecule has 104 valence electrons. The SMILES string of the molecule is CCOc1ccc(CCNC(=O)C2CCC2)cc1Cl. The minimum atomic E-state index is 0.197. The van der Waals surface area contributed by atoms with Crippen LogP contribution in [-0.2, 0) is 11.2 Å². The van der Waals surface area contributed by atoms with E-state index in [0.717, 1.165) is 24.8 Å². The highest BCUT2D eigenvalue weighted by atomic mass is 35.5. The van der Waals surface area contributed by atoms with Crippen LogP contribution in [0, 0.1) is 5.92 Å². The maximum atomic E-state index is 11.7. The van der Waals surface area contributed by atoms with Gasteiger partial charge in [-0.05, 0) is 43.9 Å². The average Bonchev–Trinajstić information content (AvgIpc) is 2.30. The number of carbonyl (C=O) groups is 1. The first-order valence-electron chi connectivity index (χ1n) is 6.89. The second kappa shape index (κ2) is 6.80. The van der Waals surface area contributed by atoms with Gasteiger partial charge in [0.2, 0.25) is 5.91 Å². The Hall–Kier alpha value is -1.22. The van der Waals surface area contributed by atoms with Crippen LogP contribution in [0.3, 0.4) is 0 Å². The Kier molecular flexibility index (Phi) is 5.08. The fraction of sp³-hybridized carbons (Fsp3) is 0.533. The number of amides is 1. The first kappa shape index (κ1) is 14.2. The van der Waals surface area contributed by atoms with E-state index < -0.39 is 0 Å². The highest BCUT2D eigenvalue weighted by molar-refractivity contribution is 6.32. The second-order valence-corrected chi connectivity index (χ2v) is 5.27. The second-order valence-electron chi connectivity index (χ2n) is 4.87. The monoisotopic (exact) mass is 281 g/mol. The third-order valence-electron chi connectivity index (χ3n) is 3.49. The smallest absolute Gasteiger partial charge is 0.223 e. The van der Waals surface area contributed by atoms with Crippen LogP contribution >= 0.6 is 11.6 Å². The van der Waals surface area contributed by atoms with Gasteiger partial charge in [-0.25, -0.2) is 0 Å². The summed E-state index contributed by atoms with van der Waals surface area (Å²) < 4.78 is 5.39. The van der Waals surface area contributed by atoms with E-state index in [-0.39, 0.29) is 11.8 Å². The van der Waals surface area contributed by atoms with Crippen molar-refractivity contribution in [2.45, 2.75) is 32.6 Å². The fourth-order valence-corrected chi connectivity index (χ4v) is 2.37. The van der Waals surface area contributed by atoms with Crippen molar-refractivity contribution in [1.82, 2.24) is 5.32 Å². The Morgan fingerprint density at radius 3 is 2.84 bits per heavy atom. The molecule has 19 heavy (non-hydrogen) atoms. The highest BCUT2D eigenvalue weighted by Crippen LogP contribution is 2.27. The van der Waals surface area contributed by atoms with Crippen LogP contribution in [-0.4, -0.2) is 19.1 Å². The van der Waals surface area contributed by atoms with Crippen LogP contribution in [0.5, 0.6) is 5.75 Å². The molecule has 1 N–H and O–H groups in total. The number of hydrogen-bond donors (Lipinski definition) is 1. The van der Waals surface area contributed by atoms with E-state index in [0.29, 0.717) is 23.9 Å². The zero-order valence-corrected chi connectivity index (χ0v) is 12.0. The molecule has 0 spiro atoms. The molecule has 0 radical (unpaired) electrons.